The summed E-state index contributed by atoms with van der Waals surface area (Å²) in [5, 5.41) is 12.5. The van der Waals surface area contributed by atoms with Gasteiger partial charge in [-0.2, -0.15) is 10.2 Å². The first-order valence-electron chi connectivity index (χ1n) is 7.87. The molecule has 0 aliphatic carbocycles. The van der Waals surface area contributed by atoms with Crippen molar-refractivity contribution < 1.29 is 0 Å². The van der Waals surface area contributed by atoms with Crippen molar-refractivity contribution in [3.63, 3.8) is 0 Å². The van der Waals surface area contributed by atoms with Crippen LogP contribution in [0.2, 0.25) is 0 Å². The molecule has 0 aromatic carbocycles. The Kier molecular flexibility index (Phi) is 5.56. The highest BCUT2D eigenvalue weighted by Gasteiger charge is 2.17. The van der Waals surface area contributed by atoms with E-state index in [9.17, 15) is 0 Å². The summed E-state index contributed by atoms with van der Waals surface area (Å²) in [5.74, 6) is 0. The molecule has 2 aromatic rings. The van der Waals surface area contributed by atoms with Crippen LogP contribution in [-0.2, 0) is 26.9 Å². The summed E-state index contributed by atoms with van der Waals surface area (Å²) in [6, 6.07) is 0.369. The summed E-state index contributed by atoms with van der Waals surface area (Å²) >= 11 is 0. The van der Waals surface area contributed by atoms with Crippen molar-refractivity contribution in [3.05, 3.63) is 35.4 Å². The minimum Gasteiger partial charge on any atom is -0.310 e. The predicted octanol–water partition coefficient (Wildman–Crippen LogP) is 2.39. The van der Waals surface area contributed by atoms with Crippen LogP contribution in [0.5, 0.6) is 0 Å². The quantitative estimate of drug-likeness (QED) is 0.811. The Balaban J connectivity index is 2.09. The number of nitrogens with zero attached hydrogens (tertiary/aromatic N) is 4. The number of aromatic nitrogens is 4. The van der Waals surface area contributed by atoms with E-state index >= 15 is 0 Å². The van der Waals surface area contributed by atoms with Gasteiger partial charge in [0.05, 0.1) is 11.9 Å². The van der Waals surface area contributed by atoms with Crippen LogP contribution < -0.4 is 5.32 Å². The lowest BCUT2D eigenvalue weighted by Gasteiger charge is -2.18. The molecule has 5 nitrogen and oxygen atoms in total. The first-order valence-corrected chi connectivity index (χ1v) is 7.87. The van der Waals surface area contributed by atoms with E-state index in [4.69, 9.17) is 0 Å². The van der Waals surface area contributed by atoms with Gasteiger partial charge in [-0.1, -0.05) is 13.8 Å². The monoisotopic (exact) mass is 289 g/mol. The van der Waals surface area contributed by atoms with Crippen LogP contribution in [0.3, 0.4) is 0 Å². The minimum absolute atomic E-state index is 0.369. The number of hydrogen-bond donors (Lipinski definition) is 1. The number of hydrogen-bond acceptors (Lipinski definition) is 3. The maximum Gasteiger partial charge on any atom is 0.0669 e. The van der Waals surface area contributed by atoms with Crippen molar-refractivity contribution in [2.75, 3.05) is 6.54 Å². The third kappa shape index (κ3) is 4.17. The van der Waals surface area contributed by atoms with Crippen LogP contribution in [0.15, 0.2) is 18.6 Å². The second-order valence-electron chi connectivity index (χ2n) is 5.63. The molecular weight excluding hydrogens is 262 g/mol. The van der Waals surface area contributed by atoms with Crippen LogP contribution >= 0.6 is 0 Å². The van der Waals surface area contributed by atoms with E-state index in [-0.39, 0.29) is 0 Å². The SMILES string of the molecule is CCCNC(CCc1cnn(C)c1)c1cn(C)nc1CC. The van der Waals surface area contributed by atoms with E-state index in [1.165, 1.54) is 16.8 Å². The summed E-state index contributed by atoms with van der Waals surface area (Å²) in [6.07, 6.45) is 10.5. The molecule has 0 aliphatic rings. The van der Waals surface area contributed by atoms with E-state index < -0.39 is 0 Å². The fraction of sp³-hybridized carbons (Fsp3) is 0.625. The summed E-state index contributed by atoms with van der Waals surface area (Å²) in [6.45, 7) is 5.41. The number of nitrogens with one attached hydrogen (secondary N) is 1. The molecule has 0 fully saturated rings. The van der Waals surface area contributed by atoms with Crippen LogP contribution in [0.25, 0.3) is 0 Å². The Hall–Kier alpha value is -1.62. The lowest BCUT2D eigenvalue weighted by Crippen LogP contribution is -2.23. The van der Waals surface area contributed by atoms with Gasteiger partial charge in [0.2, 0.25) is 0 Å². The molecule has 1 unspecified atom stereocenters. The summed E-state index contributed by atoms with van der Waals surface area (Å²) in [7, 11) is 3.97. The van der Waals surface area contributed by atoms with Crippen LogP contribution in [-0.4, -0.2) is 26.1 Å². The van der Waals surface area contributed by atoms with Crippen LogP contribution in [0, 0.1) is 0 Å². The standard InChI is InChI=1S/C16H27N5/c1-5-9-17-16(8-7-13-10-18-20(3)11-13)14-12-21(4)19-15(14)6-2/h10-12,16-17H,5-9H2,1-4H3. The third-order valence-electron chi connectivity index (χ3n) is 3.77. The summed E-state index contributed by atoms with van der Waals surface area (Å²) in [5.41, 5.74) is 3.84. The lowest BCUT2D eigenvalue weighted by atomic mass is 9.99. The molecular formula is C16H27N5. The van der Waals surface area contributed by atoms with Crippen LogP contribution in [0.4, 0.5) is 0 Å². The second kappa shape index (κ2) is 7.41. The molecule has 0 saturated heterocycles. The van der Waals surface area contributed by atoms with E-state index in [0.29, 0.717) is 6.04 Å². The van der Waals surface area contributed by atoms with Gasteiger partial charge >= 0.3 is 0 Å². The Morgan fingerprint density at radius 2 is 2.00 bits per heavy atom. The molecule has 0 spiro atoms. The number of rotatable bonds is 8. The molecule has 2 heterocycles. The first-order chi connectivity index (χ1) is 10.1. The first kappa shape index (κ1) is 15.8. The molecule has 0 bridgehead atoms. The van der Waals surface area contributed by atoms with Crippen LogP contribution in [0.1, 0.15) is 49.6 Å². The van der Waals surface area contributed by atoms with Gasteiger partial charge < -0.3 is 5.32 Å². The maximum atomic E-state index is 4.58. The molecule has 116 valence electrons. The zero-order valence-corrected chi connectivity index (χ0v) is 13.6. The van der Waals surface area contributed by atoms with E-state index in [2.05, 4.69) is 41.8 Å². The summed E-state index contributed by atoms with van der Waals surface area (Å²) < 4.78 is 3.80. The Labute approximate surface area is 127 Å². The van der Waals surface area contributed by atoms with Gasteiger partial charge in [0.15, 0.2) is 0 Å². The molecule has 1 N–H and O–H groups in total. The topological polar surface area (TPSA) is 47.7 Å². The van der Waals surface area contributed by atoms with Crippen molar-refractivity contribution in [1.29, 1.82) is 0 Å². The maximum absolute atomic E-state index is 4.58. The van der Waals surface area contributed by atoms with Gasteiger partial charge in [0.25, 0.3) is 0 Å². The highest BCUT2D eigenvalue weighted by molar-refractivity contribution is 5.22. The van der Waals surface area contributed by atoms with E-state index in [0.717, 1.165) is 32.2 Å². The highest BCUT2D eigenvalue weighted by atomic mass is 15.3. The smallest absolute Gasteiger partial charge is 0.0669 e. The Morgan fingerprint density at radius 3 is 2.62 bits per heavy atom. The predicted molar refractivity (Wildman–Crippen MR) is 85.1 cm³/mol. The van der Waals surface area contributed by atoms with Gasteiger partial charge in [-0.05, 0) is 37.8 Å². The van der Waals surface area contributed by atoms with Gasteiger partial charge in [-0.15, -0.1) is 0 Å². The second-order valence-corrected chi connectivity index (χ2v) is 5.63. The molecule has 0 amide bonds. The Bertz CT molecular complexity index is 555. The average Bonchev–Trinajstić information content (AvgIpc) is 3.05. The minimum atomic E-state index is 0.369. The zero-order valence-electron chi connectivity index (χ0n) is 13.6. The third-order valence-corrected chi connectivity index (χ3v) is 3.77. The van der Waals surface area contributed by atoms with E-state index in [1.807, 2.05) is 29.7 Å². The normalized spacial score (nSPS) is 12.8. The molecule has 1 atom stereocenters. The van der Waals surface area contributed by atoms with Crippen molar-refractivity contribution >= 4 is 0 Å². The fourth-order valence-electron chi connectivity index (χ4n) is 2.72. The van der Waals surface area contributed by atoms with E-state index in [1.54, 1.807) is 0 Å². The number of aryl methyl sites for hydroxylation is 4. The van der Waals surface area contributed by atoms with Gasteiger partial charge in [-0.25, -0.2) is 0 Å². The molecule has 21 heavy (non-hydrogen) atoms. The lowest BCUT2D eigenvalue weighted by molar-refractivity contribution is 0.496. The van der Waals surface area contributed by atoms with Gasteiger partial charge in [0.1, 0.15) is 0 Å². The molecule has 2 rings (SSSR count). The van der Waals surface area contributed by atoms with Crippen molar-refractivity contribution in [3.8, 4) is 0 Å². The van der Waals surface area contributed by atoms with Gasteiger partial charge in [-0.3, -0.25) is 9.36 Å². The zero-order chi connectivity index (χ0) is 15.2. The largest absolute Gasteiger partial charge is 0.310 e. The molecule has 0 saturated carbocycles. The molecule has 2 aromatic heterocycles. The van der Waals surface area contributed by atoms with Gasteiger partial charge in [0, 0.05) is 38.1 Å². The average molecular weight is 289 g/mol. The fourth-order valence-corrected chi connectivity index (χ4v) is 2.72. The van der Waals surface area contributed by atoms with Crippen molar-refractivity contribution in [2.45, 2.75) is 45.6 Å². The summed E-state index contributed by atoms with van der Waals surface area (Å²) in [4.78, 5) is 0. The van der Waals surface area contributed by atoms with Crippen molar-refractivity contribution in [1.82, 2.24) is 24.9 Å². The Morgan fingerprint density at radius 1 is 1.19 bits per heavy atom. The highest BCUT2D eigenvalue weighted by Crippen LogP contribution is 2.22. The molecule has 0 radical (unpaired) electrons. The molecule has 0 aliphatic heterocycles. The van der Waals surface area contributed by atoms with Crippen molar-refractivity contribution in [2.24, 2.45) is 14.1 Å². The molecule has 5 heteroatoms.